The number of thiophene rings is 1. The molecule has 0 radical (unpaired) electrons. The molecular formula is C8H8BrCl2NO4S2. The van der Waals surface area contributed by atoms with Crippen molar-refractivity contribution in [1.29, 1.82) is 0 Å². The zero-order valence-corrected chi connectivity index (χ0v) is 14.0. The molecule has 18 heavy (non-hydrogen) atoms. The topological polar surface area (TPSA) is 63.7 Å². The second-order valence-corrected chi connectivity index (χ2v) is 8.13. The first-order valence-corrected chi connectivity index (χ1v) is 8.18. The summed E-state index contributed by atoms with van der Waals surface area (Å²) in [5.74, 6) is -0.672. The van der Waals surface area contributed by atoms with Gasteiger partial charge >= 0.3 is 5.97 Å². The van der Waals surface area contributed by atoms with Crippen LogP contribution in [0.25, 0.3) is 0 Å². The van der Waals surface area contributed by atoms with E-state index in [-0.39, 0.29) is 18.0 Å². The van der Waals surface area contributed by atoms with E-state index in [1.807, 2.05) is 0 Å². The number of carbonyl (C=O) groups excluding carboxylic acids is 1. The standard InChI is InChI=1S/C8H8BrCl2NO4S2/c1-12(3-4(13)16-2)18(14,15)6-5(9)7(10)17-8(6)11/h3H2,1-2H3. The number of sulfonamides is 1. The molecule has 0 aliphatic carbocycles. The maximum Gasteiger partial charge on any atom is 0.321 e. The van der Waals surface area contributed by atoms with Crippen molar-refractivity contribution >= 4 is 66.5 Å². The van der Waals surface area contributed by atoms with Crippen molar-refractivity contribution < 1.29 is 17.9 Å². The Morgan fingerprint density at radius 3 is 2.39 bits per heavy atom. The third kappa shape index (κ3) is 3.17. The maximum absolute atomic E-state index is 12.2. The SMILES string of the molecule is COC(=O)CN(C)S(=O)(=O)c1c(Cl)sc(Cl)c1Br. The lowest BCUT2D eigenvalue weighted by atomic mass is 10.7. The van der Waals surface area contributed by atoms with Gasteiger partial charge in [-0.2, -0.15) is 4.31 Å². The highest BCUT2D eigenvalue weighted by molar-refractivity contribution is 9.10. The predicted octanol–water partition coefficient (Wildman–Crippen LogP) is 2.61. The van der Waals surface area contributed by atoms with Gasteiger partial charge in [0.15, 0.2) is 0 Å². The first-order valence-electron chi connectivity index (χ1n) is 4.38. The predicted molar refractivity (Wildman–Crippen MR) is 73.9 cm³/mol. The second kappa shape index (κ2) is 6.06. The quantitative estimate of drug-likeness (QED) is 0.733. The van der Waals surface area contributed by atoms with Crippen molar-refractivity contribution in [2.24, 2.45) is 0 Å². The molecule has 1 aromatic heterocycles. The molecule has 0 aliphatic heterocycles. The van der Waals surface area contributed by atoms with Gasteiger partial charge in [0.2, 0.25) is 10.0 Å². The highest BCUT2D eigenvalue weighted by atomic mass is 79.9. The van der Waals surface area contributed by atoms with Crippen LogP contribution in [-0.4, -0.2) is 39.4 Å². The summed E-state index contributed by atoms with van der Waals surface area (Å²) in [6.07, 6.45) is 0. The van der Waals surface area contributed by atoms with Gasteiger partial charge in [-0.25, -0.2) is 8.42 Å². The molecule has 0 atom stereocenters. The molecular weight excluding hydrogens is 389 g/mol. The van der Waals surface area contributed by atoms with Gasteiger partial charge in [0.25, 0.3) is 0 Å². The van der Waals surface area contributed by atoms with Crippen LogP contribution in [0.4, 0.5) is 0 Å². The van der Waals surface area contributed by atoms with Crippen LogP contribution in [0.15, 0.2) is 9.37 Å². The number of methoxy groups -OCH3 is 1. The van der Waals surface area contributed by atoms with Crippen LogP contribution < -0.4 is 0 Å². The van der Waals surface area contributed by atoms with Crippen LogP contribution in [0.5, 0.6) is 0 Å². The summed E-state index contributed by atoms with van der Waals surface area (Å²) in [5.41, 5.74) is 0. The summed E-state index contributed by atoms with van der Waals surface area (Å²) in [4.78, 5) is 10.9. The lowest BCUT2D eigenvalue weighted by Gasteiger charge is -2.15. The highest BCUT2D eigenvalue weighted by Gasteiger charge is 2.31. The number of halogens is 3. The van der Waals surface area contributed by atoms with Crippen molar-refractivity contribution in [2.45, 2.75) is 4.90 Å². The van der Waals surface area contributed by atoms with E-state index in [1.54, 1.807) is 0 Å². The summed E-state index contributed by atoms with van der Waals surface area (Å²) < 4.78 is 30.1. The van der Waals surface area contributed by atoms with Gasteiger partial charge in [0.1, 0.15) is 20.1 Å². The molecule has 5 nitrogen and oxygen atoms in total. The largest absolute Gasteiger partial charge is 0.468 e. The molecule has 1 aromatic rings. The zero-order chi connectivity index (χ0) is 14.1. The molecule has 0 aromatic carbocycles. The van der Waals surface area contributed by atoms with E-state index >= 15 is 0 Å². The van der Waals surface area contributed by atoms with Crippen LogP contribution in [0.3, 0.4) is 0 Å². The van der Waals surface area contributed by atoms with E-state index in [0.29, 0.717) is 0 Å². The Balaban J connectivity index is 3.17. The molecule has 0 amide bonds. The molecule has 1 rings (SSSR count). The van der Waals surface area contributed by atoms with Crippen LogP contribution in [-0.2, 0) is 19.6 Å². The highest BCUT2D eigenvalue weighted by Crippen LogP contribution is 2.43. The zero-order valence-electron chi connectivity index (χ0n) is 9.24. The average molecular weight is 397 g/mol. The monoisotopic (exact) mass is 395 g/mol. The van der Waals surface area contributed by atoms with Gasteiger partial charge in [0.05, 0.1) is 11.6 Å². The summed E-state index contributed by atoms with van der Waals surface area (Å²) >= 11 is 15.6. The molecule has 0 bridgehead atoms. The lowest BCUT2D eigenvalue weighted by molar-refractivity contribution is -0.140. The summed E-state index contributed by atoms with van der Waals surface area (Å²) in [5, 5.41) is 0. The van der Waals surface area contributed by atoms with Crippen molar-refractivity contribution in [3.05, 3.63) is 13.1 Å². The lowest BCUT2D eigenvalue weighted by Crippen LogP contribution is -2.32. The van der Waals surface area contributed by atoms with Gasteiger partial charge < -0.3 is 4.74 Å². The Morgan fingerprint density at radius 2 is 2.00 bits per heavy atom. The fraction of sp³-hybridized carbons (Fsp3) is 0.375. The fourth-order valence-electron chi connectivity index (χ4n) is 1.05. The number of hydrogen-bond donors (Lipinski definition) is 0. The number of likely N-dealkylation sites (N-methyl/N-ethyl adjacent to an activating group) is 1. The van der Waals surface area contributed by atoms with Gasteiger partial charge in [-0.1, -0.05) is 23.2 Å². The Hall–Kier alpha value is 0.140. The third-order valence-corrected chi connectivity index (χ3v) is 7.25. The minimum atomic E-state index is -3.90. The second-order valence-electron chi connectivity index (χ2n) is 3.13. The minimum Gasteiger partial charge on any atom is -0.468 e. The first-order chi connectivity index (χ1) is 8.21. The normalized spacial score (nSPS) is 11.9. The van der Waals surface area contributed by atoms with Crippen molar-refractivity contribution in [1.82, 2.24) is 4.31 Å². The van der Waals surface area contributed by atoms with Crippen LogP contribution in [0.2, 0.25) is 8.67 Å². The number of nitrogens with zero attached hydrogens (tertiary/aromatic N) is 1. The molecule has 0 spiro atoms. The van der Waals surface area contributed by atoms with Gasteiger partial charge in [0, 0.05) is 7.05 Å². The van der Waals surface area contributed by atoms with Crippen LogP contribution in [0.1, 0.15) is 0 Å². The molecule has 0 aliphatic rings. The first kappa shape index (κ1) is 16.2. The Bertz CT molecular complexity index is 572. The van der Waals surface area contributed by atoms with E-state index in [1.165, 1.54) is 14.2 Å². The summed E-state index contributed by atoms with van der Waals surface area (Å²) in [6, 6.07) is 0. The molecule has 102 valence electrons. The Labute approximate surface area is 127 Å². The van der Waals surface area contributed by atoms with E-state index in [2.05, 4.69) is 20.7 Å². The minimum absolute atomic E-state index is 0.0311. The molecule has 0 saturated heterocycles. The van der Waals surface area contributed by atoms with E-state index < -0.39 is 22.5 Å². The van der Waals surface area contributed by atoms with Gasteiger partial charge in [-0.05, 0) is 15.9 Å². The van der Waals surface area contributed by atoms with Crippen molar-refractivity contribution in [3.63, 3.8) is 0 Å². The summed E-state index contributed by atoms with van der Waals surface area (Å²) in [6.45, 7) is -0.408. The smallest absolute Gasteiger partial charge is 0.321 e. The number of rotatable bonds is 4. The number of ether oxygens (including phenoxy) is 1. The maximum atomic E-state index is 12.2. The average Bonchev–Trinajstić information content (AvgIpc) is 2.52. The van der Waals surface area contributed by atoms with Crippen LogP contribution in [0, 0.1) is 0 Å². The van der Waals surface area contributed by atoms with Gasteiger partial charge in [-0.15, -0.1) is 11.3 Å². The number of carbonyl (C=O) groups is 1. The van der Waals surface area contributed by atoms with E-state index in [4.69, 9.17) is 23.2 Å². The molecule has 1 heterocycles. The van der Waals surface area contributed by atoms with Crippen molar-refractivity contribution in [3.8, 4) is 0 Å². The van der Waals surface area contributed by atoms with Crippen molar-refractivity contribution in [2.75, 3.05) is 20.7 Å². The fourth-order valence-corrected chi connectivity index (χ4v) is 5.63. The number of esters is 1. The van der Waals surface area contributed by atoms with Gasteiger partial charge in [-0.3, -0.25) is 4.79 Å². The molecule has 0 fully saturated rings. The van der Waals surface area contributed by atoms with Crippen LogP contribution >= 0.6 is 50.5 Å². The Morgan fingerprint density at radius 1 is 1.44 bits per heavy atom. The summed E-state index contributed by atoms with van der Waals surface area (Å²) in [7, 11) is -1.48. The molecule has 0 N–H and O–H groups in total. The van der Waals surface area contributed by atoms with E-state index in [0.717, 1.165) is 15.6 Å². The molecule has 0 saturated carbocycles. The van der Waals surface area contributed by atoms with E-state index in [9.17, 15) is 13.2 Å². The molecule has 10 heteroatoms. The third-order valence-electron chi connectivity index (χ3n) is 1.98. The number of hydrogen-bond acceptors (Lipinski definition) is 5. The Kier molecular flexibility index (Phi) is 5.45. The molecule has 0 unspecified atom stereocenters.